The van der Waals surface area contributed by atoms with Gasteiger partial charge in [0.15, 0.2) is 0 Å². The zero-order chi connectivity index (χ0) is 16.8. The minimum atomic E-state index is -2.35. The molecule has 1 aromatic carbocycles. The molecule has 2 amide bonds. The Bertz CT molecular complexity index is 539. The van der Waals surface area contributed by atoms with Gasteiger partial charge in [-0.3, -0.25) is 4.90 Å². The molecule has 0 radical (unpaired) electrons. The number of nitrogens with one attached hydrogen (secondary N) is 1. The molecule has 128 valence electrons. The van der Waals surface area contributed by atoms with E-state index in [0.29, 0.717) is 43.7 Å². The van der Waals surface area contributed by atoms with Crippen LogP contribution < -0.4 is 5.32 Å². The zero-order valence-electron chi connectivity index (χ0n) is 13.2. The second kappa shape index (κ2) is 8.19. The van der Waals surface area contributed by atoms with Crippen LogP contribution in [-0.4, -0.2) is 55.0 Å². The maximum absolute atomic E-state index is 13.5. The molecule has 7 heteroatoms. The molecular formula is C16H22F3N3O. The lowest BCUT2D eigenvalue weighted by Crippen LogP contribution is -2.42. The van der Waals surface area contributed by atoms with Crippen LogP contribution in [0.25, 0.3) is 0 Å². The number of hydrogen-bond acceptors (Lipinski definition) is 2. The van der Waals surface area contributed by atoms with E-state index < -0.39 is 6.43 Å². The standard InChI is InChI=1S/C16H22F3N3O/c1-12-3-4-13(9-14(12)17)10-20-16(23)22-6-2-5-21(7-8-22)11-15(18)19/h3-4,9,15H,2,5-8,10-11H2,1H3,(H,20,23). The number of carbonyl (C=O) groups excluding carboxylic acids is 1. The van der Waals surface area contributed by atoms with Crippen molar-refractivity contribution in [3.8, 4) is 0 Å². The Balaban J connectivity index is 1.82. The van der Waals surface area contributed by atoms with Crippen molar-refractivity contribution < 1.29 is 18.0 Å². The Morgan fingerprint density at radius 1 is 1.26 bits per heavy atom. The number of aryl methyl sites for hydroxylation is 1. The van der Waals surface area contributed by atoms with Crippen LogP contribution in [0, 0.1) is 12.7 Å². The molecule has 0 aromatic heterocycles. The van der Waals surface area contributed by atoms with E-state index in [0.717, 1.165) is 0 Å². The molecule has 1 saturated heterocycles. The predicted molar refractivity (Wildman–Crippen MR) is 82.0 cm³/mol. The number of alkyl halides is 2. The van der Waals surface area contributed by atoms with E-state index in [4.69, 9.17) is 0 Å². The molecule has 1 aliphatic heterocycles. The van der Waals surface area contributed by atoms with Crippen LogP contribution >= 0.6 is 0 Å². The van der Waals surface area contributed by atoms with Crippen molar-refractivity contribution >= 4 is 6.03 Å². The first kappa shape index (κ1) is 17.6. The summed E-state index contributed by atoms with van der Waals surface area (Å²) in [4.78, 5) is 15.5. The number of urea groups is 1. The highest BCUT2D eigenvalue weighted by molar-refractivity contribution is 5.74. The molecule has 1 aliphatic rings. The molecule has 1 aromatic rings. The summed E-state index contributed by atoms with van der Waals surface area (Å²) in [6.07, 6.45) is -1.69. The van der Waals surface area contributed by atoms with Crippen molar-refractivity contribution in [2.45, 2.75) is 26.3 Å². The van der Waals surface area contributed by atoms with Gasteiger partial charge in [-0.2, -0.15) is 0 Å². The summed E-state index contributed by atoms with van der Waals surface area (Å²) < 4.78 is 38.3. The third-order valence-corrected chi connectivity index (χ3v) is 3.95. The SMILES string of the molecule is Cc1ccc(CNC(=O)N2CCCN(CC(F)F)CC2)cc1F. The van der Waals surface area contributed by atoms with Gasteiger partial charge < -0.3 is 10.2 Å². The van der Waals surface area contributed by atoms with Gasteiger partial charge >= 0.3 is 6.03 Å². The maximum Gasteiger partial charge on any atom is 0.317 e. The summed E-state index contributed by atoms with van der Waals surface area (Å²) in [6.45, 7) is 3.63. The third kappa shape index (κ3) is 5.42. The summed E-state index contributed by atoms with van der Waals surface area (Å²) in [5, 5.41) is 2.75. The molecule has 0 saturated carbocycles. The summed E-state index contributed by atoms with van der Waals surface area (Å²) >= 11 is 0. The number of rotatable bonds is 4. The predicted octanol–water partition coefficient (Wildman–Crippen LogP) is 2.62. The van der Waals surface area contributed by atoms with Crippen molar-refractivity contribution in [3.63, 3.8) is 0 Å². The minimum absolute atomic E-state index is 0.243. The van der Waals surface area contributed by atoms with Crippen LogP contribution in [0.3, 0.4) is 0 Å². The highest BCUT2D eigenvalue weighted by Crippen LogP contribution is 2.10. The van der Waals surface area contributed by atoms with Gasteiger partial charge in [-0.05, 0) is 30.5 Å². The van der Waals surface area contributed by atoms with Crippen molar-refractivity contribution in [2.24, 2.45) is 0 Å². The van der Waals surface area contributed by atoms with E-state index in [2.05, 4.69) is 5.32 Å². The quantitative estimate of drug-likeness (QED) is 0.922. The second-order valence-electron chi connectivity index (χ2n) is 5.77. The minimum Gasteiger partial charge on any atom is -0.334 e. The molecular weight excluding hydrogens is 307 g/mol. The highest BCUT2D eigenvalue weighted by atomic mass is 19.3. The average Bonchev–Trinajstić information content (AvgIpc) is 2.73. The third-order valence-electron chi connectivity index (χ3n) is 3.95. The van der Waals surface area contributed by atoms with Crippen LogP contribution in [0.2, 0.25) is 0 Å². The van der Waals surface area contributed by atoms with Gasteiger partial charge in [-0.25, -0.2) is 18.0 Å². The smallest absolute Gasteiger partial charge is 0.317 e. The zero-order valence-corrected chi connectivity index (χ0v) is 13.2. The van der Waals surface area contributed by atoms with Gasteiger partial charge in [0.25, 0.3) is 6.43 Å². The van der Waals surface area contributed by atoms with E-state index in [9.17, 15) is 18.0 Å². The first-order valence-electron chi connectivity index (χ1n) is 7.74. The Kier molecular flexibility index (Phi) is 6.27. The number of nitrogens with zero attached hydrogens (tertiary/aromatic N) is 2. The van der Waals surface area contributed by atoms with Crippen LogP contribution in [0.15, 0.2) is 18.2 Å². The van der Waals surface area contributed by atoms with E-state index in [1.807, 2.05) is 0 Å². The number of amides is 2. The van der Waals surface area contributed by atoms with Gasteiger partial charge in [-0.15, -0.1) is 0 Å². The van der Waals surface area contributed by atoms with E-state index in [1.165, 1.54) is 6.07 Å². The lowest BCUT2D eigenvalue weighted by atomic mass is 10.1. The van der Waals surface area contributed by atoms with E-state index in [-0.39, 0.29) is 24.9 Å². The van der Waals surface area contributed by atoms with E-state index in [1.54, 1.807) is 28.9 Å². The lowest BCUT2D eigenvalue weighted by molar-refractivity contribution is 0.0904. The number of hydrogen-bond donors (Lipinski definition) is 1. The lowest BCUT2D eigenvalue weighted by Gasteiger charge is -2.22. The first-order chi connectivity index (χ1) is 11.0. The van der Waals surface area contributed by atoms with Crippen LogP contribution in [0.4, 0.5) is 18.0 Å². The Hall–Kier alpha value is -1.76. The Morgan fingerprint density at radius 3 is 2.74 bits per heavy atom. The molecule has 4 nitrogen and oxygen atoms in total. The Labute approximate surface area is 134 Å². The van der Waals surface area contributed by atoms with E-state index >= 15 is 0 Å². The topological polar surface area (TPSA) is 35.6 Å². The monoisotopic (exact) mass is 329 g/mol. The molecule has 0 aliphatic carbocycles. The van der Waals surface area contributed by atoms with Gasteiger partial charge in [0.2, 0.25) is 0 Å². The fraction of sp³-hybridized carbons (Fsp3) is 0.562. The molecule has 1 fully saturated rings. The van der Waals surface area contributed by atoms with Gasteiger partial charge in [-0.1, -0.05) is 12.1 Å². The van der Waals surface area contributed by atoms with Crippen LogP contribution in [0.5, 0.6) is 0 Å². The molecule has 2 rings (SSSR count). The molecule has 23 heavy (non-hydrogen) atoms. The molecule has 1 N–H and O–H groups in total. The molecule has 0 unspecified atom stereocenters. The average molecular weight is 329 g/mol. The molecule has 0 bridgehead atoms. The summed E-state index contributed by atoms with van der Waals surface area (Å²) in [7, 11) is 0. The van der Waals surface area contributed by atoms with Gasteiger partial charge in [0.05, 0.1) is 6.54 Å². The fourth-order valence-corrected chi connectivity index (χ4v) is 2.59. The van der Waals surface area contributed by atoms with Gasteiger partial charge in [0, 0.05) is 32.7 Å². The van der Waals surface area contributed by atoms with Crippen LogP contribution in [0.1, 0.15) is 17.5 Å². The second-order valence-corrected chi connectivity index (χ2v) is 5.77. The summed E-state index contributed by atoms with van der Waals surface area (Å²) in [5.41, 5.74) is 1.25. The van der Waals surface area contributed by atoms with Crippen LogP contribution in [-0.2, 0) is 6.54 Å². The largest absolute Gasteiger partial charge is 0.334 e. The normalized spacial score (nSPS) is 16.5. The molecule has 0 atom stereocenters. The number of carbonyl (C=O) groups is 1. The first-order valence-corrected chi connectivity index (χ1v) is 7.74. The number of halogens is 3. The fourth-order valence-electron chi connectivity index (χ4n) is 2.59. The summed E-state index contributed by atoms with van der Waals surface area (Å²) in [5.74, 6) is -0.297. The van der Waals surface area contributed by atoms with Crippen molar-refractivity contribution in [3.05, 3.63) is 35.1 Å². The van der Waals surface area contributed by atoms with Crippen molar-refractivity contribution in [1.82, 2.24) is 15.1 Å². The van der Waals surface area contributed by atoms with Crippen molar-refractivity contribution in [2.75, 3.05) is 32.7 Å². The van der Waals surface area contributed by atoms with Crippen molar-refractivity contribution in [1.29, 1.82) is 0 Å². The maximum atomic E-state index is 13.5. The number of benzene rings is 1. The van der Waals surface area contributed by atoms with Gasteiger partial charge in [0.1, 0.15) is 5.82 Å². The highest BCUT2D eigenvalue weighted by Gasteiger charge is 2.20. The Morgan fingerprint density at radius 2 is 2.04 bits per heavy atom. The summed E-state index contributed by atoms with van der Waals surface area (Å²) in [6, 6.07) is 4.60. The molecule has 0 spiro atoms. The molecule has 1 heterocycles.